The van der Waals surface area contributed by atoms with Crippen molar-refractivity contribution in [3.8, 4) is 0 Å². The van der Waals surface area contributed by atoms with E-state index in [-0.39, 0.29) is 6.04 Å². The predicted molar refractivity (Wildman–Crippen MR) is 85.0 cm³/mol. The standard InChI is InChI=1S/C13H17N3S3/c1-3-10(11(14)9-7-5-4-6-8-9)18-13-16-15-12(17-2)19-13/h4-8,10-11H,3,14H2,1-2H3. The number of nitrogens with zero attached hydrogens (tertiary/aromatic N) is 2. The summed E-state index contributed by atoms with van der Waals surface area (Å²) in [6.45, 7) is 2.16. The molecule has 0 aliphatic carbocycles. The fourth-order valence-corrected chi connectivity index (χ4v) is 4.54. The SMILES string of the molecule is CCC(Sc1nnc(SC)s1)C(N)c1ccccc1. The minimum atomic E-state index is 0.0258. The van der Waals surface area contributed by atoms with E-state index >= 15 is 0 Å². The van der Waals surface area contributed by atoms with Crippen molar-refractivity contribution in [3.63, 3.8) is 0 Å². The van der Waals surface area contributed by atoms with E-state index in [0.717, 1.165) is 15.1 Å². The molecule has 0 spiro atoms. The van der Waals surface area contributed by atoms with Crippen LogP contribution in [0, 0.1) is 0 Å². The Morgan fingerprint density at radius 2 is 1.89 bits per heavy atom. The van der Waals surface area contributed by atoms with Crippen LogP contribution in [-0.4, -0.2) is 21.7 Å². The first kappa shape index (κ1) is 14.8. The van der Waals surface area contributed by atoms with E-state index in [9.17, 15) is 0 Å². The maximum Gasteiger partial charge on any atom is 0.175 e. The van der Waals surface area contributed by atoms with Crippen LogP contribution < -0.4 is 5.73 Å². The highest BCUT2D eigenvalue weighted by Crippen LogP contribution is 2.36. The molecule has 3 nitrogen and oxygen atoms in total. The zero-order valence-corrected chi connectivity index (χ0v) is 13.4. The molecular weight excluding hydrogens is 294 g/mol. The summed E-state index contributed by atoms with van der Waals surface area (Å²) < 4.78 is 2.01. The van der Waals surface area contributed by atoms with Crippen molar-refractivity contribution in [2.75, 3.05) is 6.26 Å². The Morgan fingerprint density at radius 3 is 2.47 bits per heavy atom. The molecule has 1 aromatic carbocycles. The van der Waals surface area contributed by atoms with Crippen molar-refractivity contribution in [3.05, 3.63) is 35.9 Å². The van der Waals surface area contributed by atoms with Crippen molar-refractivity contribution in [2.45, 2.75) is 33.3 Å². The normalized spacial score (nSPS) is 14.3. The third kappa shape index (κ3) is 3.95. The van der Waals surface area contributed by atoms with Crippen LogP contribution in [-0.2, 0) is 0 Å². The van der Waals surface area contributed by atoms with Gasteiger partial charge in [0.15, 0.2) is 8.68 Å². The van der Waals surface area contributed by atoms with E-state index < -0.39 is 0 Å². The van der Waals surface area contributed by atoms with Gasteiger partial charge in [0.05, 0.1) is 0 Å². The molecule has 2 unspecified atom stereocenters. The second-order valence-corrected chi connectivity index (χ2v) is 7.56. The van der Waals surface area contributed by atoms with E-state index in [4.69, 9.17) is 5.73 Å². The van der Waals surface area contributed by atoms with Crippen molar-refractivity contribution < 1.29 is 0 Å². The lowest BCUT2D eigenvalue weighted by Crippen LogP contribution is -2.23. The molecule has 2 atom stereocenters. The molecule has 102 valence electrons. The highest BCUT2D eigenvalue weighted by atomic mass is 32.2. The molecule has 0 fully saturated rings. The molecule has 6 heteroatoms. The zero-order chi connectivity index (χ0) is 13.7. The molecule has 2 N–H and O–H groups in total. The lowest BCUT2D eigenvalue weighted by atomic mass is 10.0. The summed E-state index contributed by atoms with van der Waals surface area (Å²) in [5.74, 6) is 0. The smallest absolute Gasteiger partial charge is 0.175 e. The van der Waals surface area contributed by atoms with Crippen LogP contribution in [0.3, 0.4) is 0 Å². The Bertz CT molecular complexity index is 501. The second-order valence-electron chi connectivity index (χ2n) is 4.04. The van der Waals surface area contributed by atoms with Gasteiger partial charge in [-0.15, -0.1) is 10.2 Å². The molecule has 1 heterocycles. The van der Waals surface area contributed by atoms with Crippen LogP contribution in [0.25, 0.3) is 0 Å². The minimum Gasteiger partial charge on any atom is -0.323 e. The van der Waals surface area contributed by atoms with Crippen LogP contribution in [0.1, 0.15) is 24.9 Å². The highest BCUT2D eigenvalue weighted by Gasteiger charge is 2.20. The Morgan fingerprint density at radius 1 is 1.21 bits per heavy atom. The van der Waals surface area contributed by atoms with Gasteiger partial charge in [-0.1, -0.05) is 72.1 Å². The van der Waals surface area contributed by atoms with Crippen molar-refractivity contribution >= 4 is 34.9 Å². The molecule has 19 heavy (non-hydrogen) atoms. The third-order valence-corrected chi connectivity index (χ3v) is 6.25. The van der Waals surface area contributed by atoms with Gasteiger partial charge in [-0.05, 0) is 18.2 Å². The van der Waals surface area contributed by atoms with Gasteiger partial charge in [0.25, 0.3) is 0 Å². The number of hydrogen-bond donors (Lipinski definition) is 1. The molecule has 0 amide bonds. The molecule has 0 saturated carbocycles. The molecule has 1 aromatic heterocycles. The summed E-state index contributed by atoms with van der Waals surface area (Å²) in [6.07, 6.45) is 3.02. The summed E-state index contributed by atoms with van der Waals surface area (Å²) in [5.41, 5.74) is 7.54. The summed E-state index contributed by atoms with van der Waals surface area (Å²) in [7, 11) is 0. The van der Waals surface area contributed by atoms with Gasteiger partial charge in [-0.25, -0.2) is 0 Å². The number of nitrogens with two attached hydrogens (primary N) is 1. The number of hydrogen-bond acceptors (Lipinski definition) is 6. The molecule has 0 saturated heterocycles. The van der Waals surface area contributed by atoms with Crippen LogP contribution in [0.4, 0.5) is 0 Å². The molecule has 0 radical (unpaired) electrons. The van der Waals surface area contributed by atoms with Gasteiger partial charge in [0, 0.05) is 11.3 Å². The Labute approximate surface area is 126 Å². The summed E-state index contributed by atoms with van der Waals surface area (Å²) in [6, 6.07) is 10.3. The number of thioether (sulfide) groups is 2. The lowest BCUT2D eigenvalue weighted by Gasteiger charge is -2.21. The quantitative estimate of drug-likeness (QED) is 0.822. The first-order valence-corrected chi connectivity index (χ1v) is 9.01. The highest BCUT2D eigenvalue weighted by molar-refractivity contribution is 8.03. The van der Waals surface area contributed by atoms with E-state index in [1.54, 1.807) is 34.9 Å². The van der Waals surface area contributed by atoms with E-state index in [2.05, 4.69) is 29.3 Å². The maximum absolute atomic E-state index is 6.37. The number of rotatable bonds is 6. The maximum atomic E-state index is 6.37. The van der Waals surface area contributed by atoms with Crippen LogP contribution in [0.2, 0.25) is 0 Å². The predicted octanol–water partition coefficient (Wildman–Crippen LogP) is 3.83. The lowest BCUT2D eigenvalue weighted by molar-refractivity contribution is 0.656. The topological polar surface area (TPSA) is 51.8 Å². The van der Waals surface area contributed by atoms with Crippen molar-refractivity contribution in [1.29, 1.82) is 0 Å². The molecule has 2 rings (SSSR count). The number of benzene rings is 1. The van der Waals surface area contributed by atoms with E-state index in [0.29, 0.717) is 5.25 Å². The second kappa shape index (κ2) is 7.28. The van der Waals surface area contributed by atoms with Crippen LogP contribution in [0.15, 0.2) is 39.0 Å². The van der Waals surface area contributed by atoms with Gasteiger partial charge in [-0.2, -0.15) is 0 Å². The molecule has 0 aliphatic heterocycles. The van der Waals surface area contributed by atoms with Crippen LogP contribution >= 0.6 is 34.9 Å². The van der Waals surface area contributed by atoms with Gasteiger partial charge in [0.2, 0.25) is 0 Å². The van der Waals surface area contributed by atoms with E-state index in [1.165, 1.54) is 5.56 Å². The van der Waals surface area contributed by atoms with Crippen LogP contribution in [0.5, 0.6) is 0 Å². The summed E-state index contributed by atoms with van der Waals surface area (Å²) in [4.78, 5) is 0. The largest absolute Gasteiger partial charge is 0.323 e. The van der Waals surface area contributed by atoms with Crippen molar-refractivity contribution in [1.82, 2.24) is 10.2 Å². The Kier molecular flexibility index (Phi) is 5.69. The zero-order valence-electron chi connectivity index (χ0n) is 10.9. The summed E-state index contributed by atoms with van der Waals surface area (Å²) in [5, 5.41) is 8.65. The van der Waals surface area contributed by atoms with Gasteiger partial charge >= 0.3 is 0 Å². The fraction of sp³-hybridized carbons (Fsp3) is 0.385. The molecular formula is C13H17N3S3. The van der Waals surface area contributed by atoms with Crippen molar-refractivity contribution in [2.24, 2.45) is 5.73 Å². The molecule has 0 aliphatic rings. The average Bonchev–Trinajstić information content (AvgIpc) is 2.92. The Balaban J connectivity index is 2.07. The third-order valence-electron chi connectivity index (χ3n) is 2.80. The first-order valence-electron chi connectivity index (χ1n) is 6.09. The van der Waals surface area contributed by atoms with Gasteiger partial charge in [0.1, 0.15) is 0 Å². The molecule has 0 bridgehead atoms. The van der Waals surface area contributed by atoms with Gasteiger partial charge < -0.3 is 5.73 Å². The number of aromatic nitrogens is 2. The van der Waals surface area contributed by atoms with Gasteiger partial charge in [-0.3, -0.25) is 0 Å². The summed E-state index contributed by atoms with van der Waals surface area (Å²) >= 11 is 5.00. The fourth-order valence-electron chi connectivity index (χ4n) is 1.76. The average molecular weight is 312 g/mol. The Hall–Kier alpha value is -0.560. The molecule has 2 aromatic rings. The van der Waals surface area contributed by atoms with E-state index in [1.807, 2.05) is 24.5 Å². The minimum absolute atomic E-state index is 0.0258. The first-order chi connectivity index (χ1) is 9.24. The monoisotopic (exact) mass is 311 g/mol.